The summed E-state index contributed by atoms with van der Waals surface area (Å²) in [5, 5.41) is 30.5. The zero-order valence-electron chi connectivity index (χ0n) is 10.2. The Morgan fingerprint density at radius 1 is 1.25 bits per heavy atom. The molecule has 9 nitrogen and oxygen atoms in total. The van der Waals surface area contributed by atoms with Crippen molar-refractivity contribution >= 4 is 17.6 Å². The Bertz CT molecular complexity index is 596. The van der Waals surface area contributed by atoms with Crippen molar-refractivity contribution in [3.05, 3.63) is 35.7 Å². The van der Waals surface area contributed by atoms with Crippen LogP contribution in [0.3, 0.4) is 0 Å². The first-order valence-electron chi connectivity index (χ1n) is 5.63. The summed E-state index contributed by atoms with van der Waals surface area (Å²) in [6, 6.07) is 5.67. The predicted octanol–water partition coefficient (Wildman–Crippen LogP) is -0.463. The van der Waals surface area contributed by atoms with Crippen molar-refractivity contribution in [3.8, 4) is 0 Å². The lowest BCUT2D eigenvalue weighted by molar-refractivity contribution is 0.0696. The van der Waals surface area contributed by atoms with E-state index in [4.69, 9.17) is 10.2 Å². The van der Waals surface area contributed by atoms with Crippen molar-refractivity contribution in [2.75, 3.05) is 18.1 Å². The average molecular weight is 277 g/mol. The molecule has 1 aromatic heterocycles. The Labute approximate surface area is 112 Å². The summed E-state index contributed by atoms with van der Waals surface area (Å²) >= 11 is 0. The van der Waals surface area contributed by atoms with E-state index in [1.165, 1.54) is 29.2 Å². The Kier molecular flexibility index (Phi) is 4.01. The highest BCUT2D eigenvalue weighted by Gasteiger charge is 2.21. The monoisotopic (exact) mass is 277 g/mol. The SMILES string of the molecule is O=C(O)c1ccc(N(CCO)C(=O)c2nn[nH]n2)cc1. The van der Waals surface area contributed by atoms with Crippen LogP contribution in [-0.4, -0.2) is 55.9 Å². The molecular weight excluding hydrogens is 266 g/mol. The minimum absolute atomic E-state index is 0.0276. The van der Waals surface area contributed by atoms with Gasteiger partial charge in [0.2, 0.25) is 0 Å². The molecule has 1 aromatic carbocycles. The second-order valence-electron chi connectivity index (χ2n) is 3.77. The number of aromatic carboxylic acids is 1. The summed E-state index contributed by atoms with van der Waals surface area (Å²) in [7, 11) is 0. The Morgan fingerprint density at radius 2 is 1.95 bits per heavy atom. The first-order valence-corrected chi connectivity index (χ1v) is 5.63. The lowest BCUT2D eigenvalue weighted by Gasteiger charge is -2.20. The Balaban J connectivity index is 2.28. The molecule has 2 rings (SSSR count). The molecule has 0 saturated carbocycles. The van der Waals surface area contributed by atoms with E-state index in [0.717, 1.165) is 0 Å². The van der Waals surface area contributed by atoms with E-state index < -0.39 is 11.9 Å². The van der Waals surface area contributed by atoms with Gasteiger partial charge in [-0.2, -0.15) is 5.21 Å². The van der Waals surface area contributed by atoms with E-state index in [1.807, 2.05) is 0 Å². The average Bonchev–Trinajstić information content (AvgIpc) is 2.98. The van der Waals surface area contributed by atoms with Gasteiger partial charge in [-0.3, -0.25) is 4.79 Å². The quantitative estimate of drug-likeness (QED) is 0.673. The number of tetrazole rings is 1. The third-order valence-electron chi connectivity index (χ3n) is 2.53. The van der Waals surface area contributed by atoms with Crippen molar-refractivity contribution in [2.24, 2.45) is 0 Å². The fraction of sp³-hybridized carbons (Fsp3) is 0.182. The number of rotatable bonds is 5. The van der Waals surface area contributed by atoms with Gasteiger partial charge in [-0.15, -0.1) is 10.2 Å². The van der Waals surface area contributed by atoms with Gasteiger partial charge in [0.05, 0.1) is 12.2 Å². The number of aliphatic hydroxyl groups is 1. The van der Waals surface area contributed by atoms with Crippen LogP contribution in [0.1, 0.15) is 21.0 Å². The molecule has 0 bridgehead atoms. The van der Waals surface area contributed by atoms with Crippen LogP contribution in [0.25, 0.3) is 0 Å². The number of nitrogens with one attached hydrogen (secondary N) is 1. The molecule has 0 unspecified atom stereocenters. The number of benzene rings is 1. The first-order chi connectivity index (χ1) is 9.63. The number of carboxylic acids is 1. The topological polar surface area (TPSA) is 132 Å². The number of aromatic nitrogens is 4. The summed E-state index contributed by atoms with van der Waals surface area (Å²) in [5.74, 6) is -1.74. The number of nitrogens with zero attached hydrogens (tertiary/aromatic N) is 4. The van der Waals surface area contributed by atoms with Crippen LogP contribution >= 0.6 is 0 Å². The maximum absolute atomic E-state index is 12.1. The number of carbonyl (C=O) groups excluding carboxylic acids is 1. The minimum atomic E-state index is -1.06. The summed E-state index contributed by atoms with van der Waals surface area (Å²) < 4.78 is 0. The fourth-order valence-electron chi connectivity index (χ4n) is 1.60. The number of carboxylic acid groups (broad SMARTS) is 1. The van der Waals surface area contributed by atoms with Gasteiger partial charge in [-0.1, -0.05) is 0 Å². The van der Waals surface area contributed by atoms with Crippen LogP contribution in [0, 0.1) is 0 Å². The van der Waals surface area contributed by atoms with E-state index in [2.05, 4.69) is 20.6 Å². The van der Waals surface area contributed by atoms with Crippen LogP contribution in [0.5, 0.6) is 0 Å². The van der Waals surface area contributed by atoms with E-state index in [0.29, 0.717) is 5.69 Å². The van der Waals surface area contributed by atoms with E-state index in [1.54, 1.807) is 0 Å². The molecule has 0 aliphatic rings. The van der Waals surface area contributed by atoms with Crippen molar-refractivity contribution in [1.29, 1.82) is 0 Å². The van der Waals surface area contributed by atoms with Gasteiger partial charge >= 0.3 is 5.97 Å². The van der Waals surface area contributed by atoms with Gasteiger partial charge < -0.3 is 15.1 Å². The molecule has 0 radical (unpaired) electrons. The number of hydrogen-bond donors (Lipinski definition) is 3. The highest BCUT2D eigenvalue weighted by Crippen LogP contribution is 2.16. The van der Waals surface area contributed by atoms with Crippen LogP contribution in [0.4, 0.5) is 5.69 Å². The molecule has 0 aliphatic heterocycles. The van der Waals surface area contributed by atoms with Gasteiger partial charge in [0, 0.05) is 12.2 Å². The molecule has 3 N–H and O–H groups in total. The number of anilines is 1. The van der Waals surface area contributed by atoms with Crippen LogP contribution in [0.2, 0.25) is 0 Å². The predicted molar refractivity (Wildman–Crippen MR) is 66.3 cm³/mol. The second-order valence-corrected chi connectivity index (χ2v) is 3.77. The number of H-pyrrole nitrogens is 1. The molecule has 1 heterocycles. The standard InChI is InChI=1S/C11H11N5O4/c17-6-5-16(10(18)9-12-14-15-13-9)8-3-1-7(2-4-8)11(19)20/h1-4,17H,5-6H2,(H,19,20)(H,12,13,14,15). The summed E-state index contributed by atoms with van der Waals surface area (Å²) in [6.07, 6.45) is 0. The smallest absolute Gasteiger partial charge is 0.335 e. The van der Waals surface area contributed by atoms with Crippen molar-refractivity contribution in [2.45, 2.75) is 0 Å². The highest BCUT2D eigenvalue weighted by molar-refractivity contribution is 6.03. The van der Waals surface area contributed by atoms with Crippen LogP contribution in [-0.2, 0) is 0 Å². The lowest BCUT2D eigenvalue weighted by Crippen LogP contribution is -2.34. The maximum atomic E-state index is 12.1. The molecule has 0 aliphatic carbocycles. The van der Waals surface area contributed by atoms with E-state index >= 15 is 0 Å². The van der Waals surface area contributed by atoms with E-state index in [9.17, 15) is 9.59 Å². The van der Waals surface area contributed by atoms with Crippen molar-refractivity contribution in [3.63, 3.8) is 0 Å². The maximum Gasteiger partial charge on any atom is 0.335 e. The summed E-state index contributed by atoms with van der Waals surface area (Å²) in [6.45, 7) is -0.232. The highest BCUT2D eigenvalue weighted by atomic mass is 16.4. The number of aliphatic hydroxyl groups excluding tert-OH is 1. The zero-order valence-corrected chi connectivity index (χ0v) is 10.2. The summed E-state index contributed by atoms with van der Waals surface area (Å²) in [4.78, 5) is 24.1. The van der Waals surface area contributed by atoms with Gasteiger partial charge in [0.25, 0.3) is 11.7 Å². The lowest BCUT2D eigenvalue weighted by atomic mass is 10.2. The molecule has 0 spiro atoms. The third kappa shape index (κ3) is 2.78. The van der Waals surface area contributed by atoms with Gasteiger partial charge in [-0.25, -0.2) is 4.79 Å². The van der Waals surface area contributed by atoms with Crippen molar-refractivity contribution in [1.82, 2.24) is 20.6 Å². The molecule has 104 valence electrons. The number of amides is 1. The van der Waals surface area contributed by atoms with Crippen LogP contribution < -0.4 is 4.90 Å². The summed E-state index contributed by atoms with van der Waals surface area (Å²) in [5.41, 5.74) is 0.531. The van der Waals surface area contributed by atoms with Gasteiger partial charge in [0.15, 0.2) is 0 Å². The second kappa shape index (κ2) is 5.89. The molecule has 9 heteroatoms. The zero-order chi connectivity index (χ0) is 14.5. The first kappa shape index (κ1) is 13.6. The fourth-order valence-corrected chi connectivity index (χ4v) is 1.60. The number of carbonyl (C=O) groups is 2. The van der Waals surface area contributed by atoms with Crippen LogP contribution in [0.15, 0.2) is 24.3 Å². The molecule has 2 aromatic rings. The van der Waals surface area contributed by atoms with Gasteiger partial charge in [-0.05, 0) is 29.5 Å². The molecule has 0 fully saturated rings. The molecule has 0 saturated heterocycles. The Morgan fingerprint density at radius 3 is 2.45 bits per heavy atom. The molecule has 0 atom stereocenters. The molecular formula is C11H11N5O4. The molecule has 20 heavy (non-hydrogen) atoms. The van der Waals surface area contributed by atoms with Gasteiger partial charge in [0.1, 0.15) is 0 Å². The van der Waals surface area contributed by atoms with Crippen molar-refractivity contribution < 1.29 is 19.8 Å². The number of aromatic amines is 1. The third-order valence-corrected chi connectivity index (χ3v) is 2.53. The normalized spacial score (nSPS) is 10.2. The molecule has 1 amide bonds. The minimum Gasteiger partial charge on any atom is -0.478 e. The number of hydrogen-bond acceptors (Lipinski definition) is 6. The Hall–Kier alpha value is -2.81. The van der Waals surface area contributed by atoms with E-state index in [-0.39, 0.29) is 24.5 Å². The largest absolute Gasteiger partial charge is 0.478 e.